The zero-order valence-corrected chi connectivity index (χ0v) is 12.8. The molecule has 2 aromatic rings. The van der Waals surface area contributed by atoms with Crippen molar-refractivity contribution in [3.8, 4) is 0 Å². The normalized spacial score (nSPS) is 11.6. The molecule has 1 aromatic heterocycles. The van der Waals surface area contributed by atoms with E-state index in [2.05, 4.69) is 15.5 Å². The Kier molecular flexibility index (Phi) is 5.60. The van der Waals surface area contributed by atoms with E-state index in [4.69, 9.17) is 0 Å². The monoisotopic (exact) mass is 293 g/mol. The highest BCUT2D eigenvalue weighted by Gasteiger charge is 2.04. The van der Waals surface area contributed by atoms with E-state index in [1.54, 1.807) is 18.5 Å². The minimum atomic E-state index is -0.314. The van der Waals surface area contributed by atoms with Gasteiger partial charge in [-0.05, 0) is 36.1 Å². The standard InChI is InChI=1S/C18H19N3O/c1-3-15-9-10-17(19-13-15)18(22)21-20-12-14(2)11-16-7-5-4-6-8-16/h4-13H,3H2,1-2H3,(H,21,22)/b14-11-,20-12+. The van der Waals surface area contributed by atoms with Crippen molar-refractivity contribution >= 4 is 18.2 Å². The summed E-state index contributed by atoms with van der Waals surface area (Å²) in [6, 6.07) is 13.5. The van der Waals surface area contributed by atoms with Crippen molar-refractivity contribution in [2.24, 2.45) is 5.10 Å². The van der Waals surface area contributed by atoms with E-state index in [0.29, 0.717) is 5.69 Å². The Morgan fingerprint density at radius 2 is 2.00 bits per heavy atom. The lowest BCUT2D eigenvalue weighted by Crippen LogP contribution is -2.18. The number of nitrogens with one attached hydrogen (secondary N) is 1. The molecule has 0 atom stereocenters. The second-order valence-electron chi connectivity index (χ2n) is 4.90. The Morgan fingerprint density at radius 1 is 1.23 bits per heavy atom. The molecule has 0 fully saturated rings. The summed E-state index contributed by atoms with van der Waals surface area (Å²) in [7, 11) is 0. The Hall–Kier alpha value is -2.75. The van der Waals surface area contributed by atoms with Crippen LogP contribution in [0.5, 0.6) is 0 Å². The molecule has 0 saturated carbocycles. The van der Waals surface area contributed by atoms with E-state index in [1.165, 1.54) is 0 Å². The minimum Gasteiger partial charge on any atom is -0.266 e. The minimum absolute atomic E-state index is 0.314. The number of aryl methyl sites for hydroxylation is 1. The van der Waals surface area contributed by atoms with Crippen molar-refractivity contribution in [3.05, 3.63) is 71.1 Å². The number of aromatic nitrogens is 1. The molecular formula is C18H19N3O. The maximum absolute atomic E-state index is 11.9. The van der Waals surface area contributed by atoms with Crippen molar-refractivity contribution < 1.29 is 4.79 Å². The van der Waals surface area contributed by atoms with Crippen LogP contribution in [0, 0.1) is 0 Å². The van der Waals surface area contributed by atoms with Crippen molar-refractivity contribution in [1.82, 2.24) is 10.4 Å². The number of nitrogens with zero attached hydrogens (tertiary/aromatic N) is 2. The summed E-state index contributed by atoms with van der Waals surface area (Å²) in [5.41, 5.74) is 5.98. The number of carbonyl (C=O) groups excluding carboxylic acids is 1. The van der Waals surface area contributed by atoms with Gasteiger partial charge in [0.05, 0.1) is 6.21 Å². The molecule has 1 aromatic carbocycles. The predicted molar refractivity (Wildman–Crippen MR) is 89.7 cm³/mol. The van der Waals surface area contributed by atoms with Crippen molar-refractivity contribution in [3.63, 3.8) is 0 Å². The summed E-state index contributed by atoms with van der Waals surface area (Å²) in [5.74, 6) is -0.314. The molecule has 4 nitrogen and oxygen atoms in total. The predicted octanol–water partition coefficient (Wildman–Crippen LogP) is 3.46. The summed E-state index contributed by atoms with van der Waals surface area (Å²) >= 11 is 0. The van der Waals surface area contributed by atoms with Crippen LogP contribution in [0.2, 0.25) is 0 Å². The van der Waals surface area contributed by atoms with Crippen LogP contribution in [-0.2, 0) is 6.42 Å². The molecule has 22 heavy (non-hydrogen) atoms. The van der Waals surface area contributed by atoms with Gasteiger partial charge in [-0.2, -0.15) is 5.10 Å². The Balaban J connectivity index is 1.93. The molecule has 4 heteroatoms. The number of pyridine rings is 1. The number of benzene rings is 1. The van der Waals surface area contributed by atoms with Crippen LogP contribution in [0.4, 0.5) is 0 Å². The van der Waals surface area contributed by atoms with Gasteiger partial charge in [-0.1, -0.05) is 49.4 Å². The zero-order valence-electron chi connectivity index (χ0n) is 12.8. The highest BCUT2D eigenvalue weighted by atomic mass is 16.2. The molecule has 112 valence electrons. The van der Waals surface area contributed by atoms with Gasteiger partial charge in [0.1, 0.15) is 5.69 Å². The van der Waals surface area contributed by atoms with Gasteiger partial charge in [0, 0.05) is 6.20 Å². The average molecular weight is 293 g/mol. The maximum Gasteiger partial charge on any atom is 0.289 e. The third-order valence-electron chi connectivity index (χ3n) is 3.09. The number of hydrogen-bond acceptors (Lipinski definition) is 3. The van der Waals surface area contributed by atoms with Crippen LogP contribution in [-0.4, -0.2) is 17.1 Å². The van der Waals surface area contributed by atoms with Gasteiger partial charge >= 0.3 is 0 Å². The zero-order chi connectivity index (χ0) is 15.8. The molecule has 0 aliphatic heterocycles. The lowest BCUT2D eigenvalue weighted by Gasteiger charge is -2.00. The Morgan fingerprint density at radius 3 is 2.64 bits per heavy atom. The first kappa shape index (κ1) is 15.6. The van der Waals surface area contributed by atoms with Crippen LogP contribution in [0.1, 0.15) is 35.5 Å². The number of allylic oxidation sites excluding steroid dienone is 1. The van der Waals surface area contributed by atoms with Gasteiger partial charge in [-0.25, -0.2) is 5.43 Å². The van der Waals surface area contributed by atoms with Crippen LogP contribution < -0.4 is 5.43 Å². The van der Waals surface area contributed by atoms with E-state index < -0.39 is 0 Å². The first-order valence-electron chi connectivity index (χ1n) is 7.20. The number of amides is 1. The van der Waals surface area contributed by atoms with E-state index in [-0.39, 0.29) is 5.91 Å². The lowest BCUT2D eigenvalue weighted by molar-refractivity contribution is 0.0950. The smallest absolute Gasteiger partial charge is 0.266 e. The number of carbonyl (C=O) groups is 1. The summed E-state index contributed by atoms with van der Waals surface area (Å²) in [5, 5.41) is 3.95. The van der Waals surface area contributed by atoms with Crippen LogP contribution in [0.25, 0.3) is 6.08 Å². The van der Waals surface area contributed by atoms with E-state index in [9.17, 15) is 4.79 Å². The second-order valence-corrected chi connectivity index (χ2v) is 4.90. The van der Waals surface area contributed by atoms with Crippen molar-refractivity contribution in [2.45, 2.75) is 20.3 Å². The molecule has 0 unspecified atom stereocenters. The number of rotatable bonds is 5. The highest BCUT2D eigenvalue weighted by Crippen LogP contribution is 2.04. The fourth-order valence-corrected chi connectivity index (χ4v) is 1.87. The summed E-state index contributed by atoms with van der Waals surface area (Å²) in [6.07, 6.45) is 6.21. The second kappa shape index (κ2) is 7.88. The molecule has 1 N–H and O–H groups in total. The van der Waals surface area contributed by atoms with Gasteiger partial charge in [-0.3, -0.25) is 9.78 Å². The molecule has 0 aliphatic carbocycles. The molecular weight excluding hydrogens is 274 g/mol. The van der Waals surface area contributed by atoms with Gasteiger partial charge in [-0.15, -0.1) is 0 Å². The lowest BCUT2D eigenvalue weighted by atomic mass is 10.1. The fourth-order valence-electron chi connectivity index (χ4n) is 1.87. The fraction of sp³-hybridized carbons (Fsp3) is 0.167. The third kappa shape index (κ3) is 4.66. The first-order chi connectivity index (χ1) is 10.7. The molecule has 0 aliphatic rings. The average Bonchev–Trinajstić information content (AvgIpc) is 2.55. The quantitative estimate of drug-likeness (QED) is 0.678. The molecule has 1 amide bonds. The SMILES string of the molecule is CCc1ccc(C(=O)N/N=C/C(C)=C\c2ccccc2)nc1. The molecule has 0 bridgehead atoms. The highest BCUT2D eigenvalue weighted by molar-refractivity contribution is 5.93. The van der Waals surface area contributed by atoms with E-state index in [1.807, 2.05) is 56.3 Å². The molecule has 0 spiro atoms. The largest absolute Gasteiger partial charge is 0.289 e. The van der Waals surface area contributed by atoms with E-state index >= 15 is 0 Å². The Labute approximate surface area is 130 Å². The summed E-state index contributed by atoms with van der Waals surface area (Å²) in [6.45, 7) is 3.97. The first-order valence-corrected chi connectivity index (χ1v) is 7.20. The molecule has 1 heterocycles. The van der Waals surface area contributed by atoms with Crippen LogP contribution in [0.3, 0.4) is 0 Å². The molecule has 0 saturated heterocycles. The number of hydrazone groups is 1. The van der Waals surface area contributed by atoms with Crippen LogP contribution in [0.15, 0.2) is 59.3 Å². The molecule has 0 radical (unpaired) electrons. The maximum atomic E-state index is 11.9. The van der Waals surface area contributed by atoms with E-state index in [0.717, 1.165) is 23.1 Å². The molecule has 2 rings (SSSR count). The van der Waals surface area contributed by atoms with Crippen molar-refractivity contribution in [1.29, 1.82) is 0 Å². The van der Waals surface area contributed by atoms with Crippen LogP contribution >= 0.6 is 0 Å². The number of hydrogen-bond donors (Lipinski definition) is 1. The summed E-state index contributed by atoms with van der Waals surface area (Å²) < 4.78 is 0. The topological polar surface area (TPSA) is 54.4 Å². The summed E-state index contributed by atoms with van der Waals surface area (Å²) in [4.78, 5) is 16.0. The third-order valence-corrected chi connectivity index (χ3v) is 3.09. The van der Waals surface area contributed by atoms with Gasteiger partial charge in [0.15, 0.2) is 0 Å². The Bertz CT molecular complexity index is 673. The van der Waals surface area contributed by atoms with Gasteiger partial charge < -0.3 is 0 Å². The van der Waals surface area contributed by atoms with Gasteiger partial charge in [0.2, 0.25) is 0 Å². The van der Waals surface area contributed by atoms with Gasteiger partial charge in [0.25, 0.3) is 5.91 Å². The van der Waals surface area contributed by atoms with Crippen molar-refractivity contribution in [2.75, 3.05) is 0 Å².